The van der Waals surface area contributed by atoms with Crippen molar-refractivity contribution in [3.05, 3.63) is 5.82 Å². The molecule has 0 fully saturated rings. The molecule has 0 atom stereocenters. The SMILES string of the molecule is CC(C)(C)c1nsc(NCCCCC(N)=O)n1. The van der Waals surface area contributed by atoms with Crippen LogP contribution in [0.1, 0.15) is 45.9 Å². The minimum Gasteiger partial charge on any atom is -0.370 e. The molecule has 3 N–H and O–H groups in total. The molecule has 0 saturated heterocycles. The third-order valence-electron chi connectivity index (χ3n) is 2.22. The number of amides is 1. The van der Waals surface area contributed by atoms with Crippen LogP contribution in [0.2, 0.25) is 0 Å². The molecule has 0 bridgehead atoms. The second-order valence-electron chi connectivity index (χ2n) is 5.02. The van der Waals surface area contributed by atoms with Gasteiger partial charge in [-0.05, 0) is 12.8 Å². The second-order valence-corrected chi connectivity index (χ2v) is 5.78. The largest absolute Gasteiger partial charge is 0.370 e. The number of hydrogen-bond donors (Lipinski definition) is 2. The number of primary amides is 1. The summed E-state index contributed by atoms with van der Waals surface area (Å²) in [6, 6.07) is 0. The Morgan fingerprint density at radius 2 is 2.12 bits per heavy atom. The highest BCUT2D eigenvalue weighted by molar-refractivity contribution is 7.09. The van der Waals surface area contributed by atoms with Gasteiger partial charge in [0.2, 0.25) is 11.0 Å². The van der Waals surface area contributed by atoms with Crippen LogP contribution in [0.25, 0.3) is 0 Å². The second kappa shape index (κ2) is 5.95. The first-order valence-corrected chi connectivity index (χ1v) is 6.53. The molecule has 6 heteroatoms. The number of aromatic nitrogens is 2. The van der Waals surface area contributed by atoms with Crippen LogP contribution in [0, 0.1) is 0 Å². The number of nitrogens with one attached hydrogen (secondary N) is 1. The summed E-state index contributed by atoms with van der Waals surface area (Å²) >= 11 is 1.38. The van der Waals surface area contributed by atoms with Gasteiger partial charge in [-0.25, -0.2) is 4.98 Å². The molecule has 0 aromatic carbocycles. The first-order chi connectivity index (χ1) is 7.89. The predicted molar refractivity (Wildman–Crippen MR) is 70.1 cm³/mol. The maximum absolute atomic E-state index is 10.5. The molecular weight excluding hydrogens is 236 g/mol. The van der Waals surface area contributed by atoms with Gasteiger partial charge in [0.25, 0.3) is 0 Å². The summed E-state index contributed by atoms with van der Waals surface area (Å²) in [7, 11) is 0. The number of hydrogen-bond acceptors (Lipinski definition) is 5. The average Bonchev–Trinajstić information content (AvgIpc) is 2.64. The van der Waals surface area contributed by atoms with Gasteiger partial charge in [0.15, 0.2) is 0 Å². The molecule has 0 saturated carbocycles. The maximum atomic E-state index is 10.5. The molecule has 0 spiro atoms. The van der Waals surface area contributed by atoms with Crippen molar-refractivity contribution in [1.82, 2.24) is 9.36 Å². The molecule has 0 unspecified atom stereocenters. The Hall–Kier alpha value is -1.17. The maximum Gasteiger partial charge on any atom is 0.217 e. The lowest BCUT2D eigenvalue weighted by molar-refractivity contribution is -0.118. The fourth-order valence-electron chi connectivity index (χ4n) is 1.22. The molecule has 1 amide bonds. The Morgan fingerprint density at radius 1 is 1.41 bits per heavy atom. The van der Waals surface area contributed by atoms with Crippen LogP contribution in [0.15, 0.2) is 0 Å². The zero-order valence-electron chi connectivity index (χ0n) is 10.6. The number of anilines is 1. The molecule has 1 aromatic rings. The molecule has 96 valence electrons. The Balaban J connectivity index is 2.28. The zero-order valence-corrected chi connectivity index (χ0v) is 11.4. The van der Waals surface area contributed by atoms with E-state index in [-0.39, 0.29) is 11.3 Å². The summed E-state index contributed by atoms with van der Waals surface area (Å²) in [4.78, 5) is 14.9. The van der Waals surface area contributed by atoms with Gasteiger partial charge in [-0.15, -0.1) is 0 Å². The molecule has 5 nitrogen and oxygen atoms in total. The van der Waals surface area contributed by atoms with Crippen LogP contribution in [-0.4, -0.2) is 21.8 Å². The topological polar surface area (TPSA) is 80.9 Å². The number of unbranched alkanes of at least 4 members (excludes halogenated alkanes) is 1. The van der Waals surface area contributed by atoms with Crippen molar-refractivity contribution in [2.45, 2.75) is 45.4 Å². The van der Waals surface area contributed by atoms with Crippen LogP contribution in [0.3, 0.4) is 0 Å². The monoisotopic (exact) mass is 256 g/mol. The summed E-state index contributed by atoms with van der Waals surface area (Å²) in [5.74, 6) is 0.623. The number of carbonyl (C=O) groups is 1. The highest BCUT2D eigenvalue weighted by Crippen LogP contribution is 2.22. The Bertz CT molecular complexity index is 370. The molecular formula is C11H20N4OS. The lowest BCUT2D eigenvalue weighted by Crippen LogP contribution is -2.13. The molecule has 0 radical (unpaired) electrons. The van der Waals surface area contributed by atoms with E-state index in [2.05, 4.69) is 35.4 Å². The third kappa shape index (κ3) is 5.12. The van der Waals surface area contributed by atoms with Crippen molar-refractivity contribution in [2.75, 3.05) is 11.9 Å². The quantitative estimate of drug-likeness (QED) is 0.762. The summed E-state index contributed by atoms with van der Waals surface area (Å²) in [6.45, 7) is 7.06. The Labute approximate surface area is 106 Å². The predicted octanol–water partition coefficient (Wildman–Crippen LogP) is 1.90. The first kappa shape index (κ1) is 13.9. The van der Waals surface area contributed by atoms with Gasteiger partial charge < -0.3 is 11.1 Å². The fraction of sp³-hybridized carbons (Fsp3) is 0.727. The van der Waals surface area contributed by atoms with E-state index in [1.807, 2.05) is 0 Å². The fourth-order valence-corrected chi connectivity index (χ4v) is 2.00. The minimum absolute atomic E-state index is 0.0115. The van der Waals surface area contributed by atoms with E-state index in [1.54, 1.807) is 0 Å². The van der Waals surface area contributed by atoms with E-state index < -0.39 is 0 Å². The highest BCUT2D eigenvalue weighted by Gasteiger charge is 2.19. The molecule has 1 rings (SSSR count). The van der Waals surface area contributed by atoms with Crippen LogP contribution in [-0.2, 0) is 10.2 Å². The smallest absolute Gasteiger partial charge is 0.217 e. The van der Waals surface area contributed by atoms with Crippen LogP contribution >= 0.6 is 11.5 Å². The molecule has 0 aliphatic heterocycles. The van der Waals surface area contributed by atoms with E-state index >= 15 is 0 Å². The molecule has 1 heterocycles. The van der Waals surface area contributed by atoms with Crippen LogP contribution in [0.4, 0.5) is 5.13 Å². The summed E-state index contributed by atoms with van der Waals surface area (Å²) < 4.78 is 4.31. The van der Waals surface area contributed by atoms with Gasteiger partial charge in [0.1, 0.15) is 5.82 Å². The van der Waals surface area contributed by atoms with Gasteiger partial charge in [0.05, 0.1) is 0 Å². The van der Waals surface area contributed by atoms with Gasteiger partial charge in [-0.1, -0.05) is 20.8 Å². The summed E-state index contributed by atoms with van der Waals surface area (Å²) in [6.07, 6.45) is 2.17. The van der Waals surface area contributed by atoms with E-state index in [9.17, 15) is 4.79 Å². The van der Waals surface area contributed by atoms with Gasteiger partial charge >= 0.3 is 0 Å². The van der Waals surface area contributed by atoms with Gasteiger partial charge in [-0.3, -0.25) is 4.79 Å². The molecule has 1 aromatic heterocycles. The number of carbonyl (C=O) groups excluding carboxylic acids is 1. The van der Waals surface area contributed by atoms with E-state index in [0.29, 0.717) is 6.42 Å². The number of nitrogens with zero attached hydrogens (tertiary/aromatic N) is 2. The molecule has 0 aliphatic carbocycles. The van der Waals surface area contributed by atoms with Crippen molar-refractivity contribution in [3.8, 4) is 0 Å². The summed E-state index contributed by atoms with van der Waals surface area (Å²) in [5.41, 5.74) is 5.05. The average molecular weight is 256 g/mol. The first-order valence-electron chi connectivity index (χ1n) is 5.76. The normalized spacial score (nSPS) is 11.5. The highest BCUT2D eigenvalue weighted by atomic mass is 32.1. The van der Waals surface area contributed by atoms with Gasteiger partial charge in [0, 0.05) is 29.9 Å². The number of nitrogens with two attached hydrogens (primary N) is 1. The lowest BCUT2D eigenvalue weighted by Gasteiger charge is -2.12. The molecule has 0 aliphatic rings. The lowest BCUT2D eigenvalue weighted by atomic mass is 9.96. The van der Waals surface area contributed by atoms with Crippen molar-refractivity contribution in [2.24, 2.45) is 5.73 Å². The standard InChI is InChI=1S/C11H20N4OS/c1-11(2,3)9-14-10(17-15-9)13-7-5-4-6-8(12)16/h4-7H2,1-3H3,(H2,12,16)(H,13,14,15). The van der Waals surface area contributed by atoms with Crippen molar-refractivity contribution >= 4 is 22.6 Å². The van der Waals surface area contributed by atoms with E-state index in [1.165, 1.54) is 11.5 Å². The zero-order chi connectivity index (χ0) is 12.9. The van der Waals surface area contributed by atoms with E-state index in [4.69, 9.17) is 5.73 Å². The Morgan fingerprint density at radius 3 is 2.65 bits per heavy atom. The summed E-state index contributed by atoms with van der Waals surface area (Å²) in [5, 5.41) is 4.05. The Kier molecular flexibility index (Phi) is 4.86. The van der Waals surface area contributed by atoms with Gasteiger partial charge in [-0.2, -0.15) is 4.37 Å². The van der Waals surface area contributed by atoms with Crippen molar-refractivity contribution in [1.29, 1.82) is 0 Å². The van der Waals surface area contributed by atoms with Crippen molar-refractivity contribution < 1.29 is 4.79 Å². The third-order valence-corrected chi connectivity index (χ3v) is 2.90. The van der Waals surface area contributed by atoms with Crippen LogP contribution < -0.4 is 11.1 Å². The molecule has 17 heavy (non-hydrogen) atoms. The minimum atomic E-state index is -0.240. The number of rotatable bonds is 6. The van der Waals surface area contributed by atoms with Crippen LogP contribution in [0.5, 0.6) is 0 Å². The van der Waals surface area contributed by atoms with Crippen molar-refractivity contribution in [3.63, 3.8) is 0 Å². The van der Waals surface area contributed by atoms with E-state index in [0.717, 1.165) is 30.3 Å².